The van der Waals surface area contributed by atoms with Crippen LogP contribution in [-0.4, -0.2) is 37.0 Å². The van der Waals surface area contributed by atoms with E-state index in [1.54, 1.807) is 0 Å². The second kappa shape index (κ2) is 7.40. The summed E-state index contributed by atoms with van der Waals surface area (Å²) in [6.45, 7) is 4.79. The van der Waals surface area contributed by atoms with Crippen molar-refractivity contribution in [2.75, 3.05) is 20.1 Å². The zero-order valence-corrected chi connectivity index (χ0v) is 13.6. The standard InChI is InChI=1S/C17H25N3O2/c1-12(2)10-18-17(22)19-16(21)11-20(3)15-9-8-13-6-4-5-7-14(13)15/h4-7,12,15H,8-11H2,1-3H3,(H2,18,19,21,22). The average Bonchev–Trinajstić information content (AvgIpc) is 2.89. The molecule has 1 aliphatic rings. The van der Waals surface area contributed by atoms with E-state index in [1.165, 1.54) is 11.1 Å². The van der Waals surface area contributed by atoms with Crippen molar-refractivity contribution in [3.63, 3.8) is 0 Å². The van der Waals surface area contributed by atoms with Gasteiger partial charge < -0.3 is 5.32 Å². The molecule has 1 aromatic carbocycles. The van der Waals surface area contributed by atoms with E-state index in [-0.39, 0.29) is 18.5 Å². The number of urea groups is 1. The number of hydrogen-bond acceptors (Lipinski definition) is 3. The van der Waals surface area contributed by atoms with Gasteiger partial charge in [0.25, 0.3) is 0 Å². The fourth-order valence-corrected chi connectivity index (χ4v) is 2.84. The van der Waals surface area contributed by atoms with Gasteiger partial charge in [0.15, 0.2) is 0 Å². The fourth-order valence-electron chi connectivity index (χ4n) is 2.84. The fraction of sp³-hybridized carbons (Fsp3) is 0.529. The number of likely N-dealkylation sites (N-methyl/N-ethyl adjacent to an activating group) is 1. The van der Waals surface area contributed by atoms with Crippen molar-refractivity contribution < 1.29 is 9.59 Å². The van der Waals surface area contributed by atoms with Gasteiger partial charge in [-0.25, -0.2) is 4.79 Å². The van der Waals surface area contributed by atoms with Crippen LogP contribution in [0.25, 0.3) is 0 Å². The molecule has 0 fully saturated rings. The van der Waals surface area contributed by atoms with E-state index >= 15 is 0 Å². The van der Waals surface area contributed by atoms with E-state index in [0.717, 1.165) is 12.8 Å². The van der Waals surface area contributed by atoms with E-state index < -0.39 is 6.03 Å². The Kier molecular flexibility index (Phi) is 5.55. The Morgan fingerprint density at radius 3 is 2.77 bits per heavy atom. The molecule has 0 aliphatic heterocycles. The Balaban J connectivity index is 1.83. The maximum atomic E-state index is 12.0. The van der Waals surface area contributed by atoms with Gasteiger partial charge in [-0.3, -0.25) is 15.0 Å². The molecule has 2 rings (SSSR count). The molecule has 0 radical (unpaired) electrons. The second-order valence-corrected chi connectivity index (χ2v) is 6.32. The molecule has 2 N–H and O–H groups in total. The smallest absolute Gasteiger partial charge is 0.321 e. The SMILES string of the molecule is CC(C)CNC(=O)NC(=O)CN(C)C1CCc2ccccc21. The van der Waals surface area contributed by atoms with Crippen LogP contribution in [0.3, 0.4) is 0 Å². The van der Waals surface area contributed by atoms with Gasteiger partial charge in [0.05, 0.1) is 6.54 Å². The molecule has 5 nitrogen and oxygen atoms in total. The van der Waals surface area contributed by atoms with Gasteiger partial charge in [-0.15, -0.1) is 0 Å². The summed E-state index contributed by atoms with van der Waals surface area (Å²) in [6.07, 6.45) is 2.06. The molecule has 0 saturated heterocycles. The first-order valence-corrected chi connectivity index (χ1v) is 7.83. The minimum Gasteiger partial charge on any atom is -0.338 e. The summed E-state index contributed by atoms with van der Waals surface area (Å²) in [5.74, 6) is 0.0895. The summed E-state index contributed by atoms with van der Waals surface area (Å²) >= 11 is 0. The molecule has 1 unspecified atom stereocenters. The molecule has 0 saturated carbocycles. The third kappa shape index (κ3) is 4.31. The maximum Gasteiger partial charge on any atom is 0.321 e. The van der Waals surface area contributed by atoms with Gasteiger partial charge >= 0.3 is 6.03 Å². The third-order valence-corrected chi connectivity index (χ3v) is 3.95. The number of carbonyl (C=O) groups excluding carboxylic acids is 2. The summed E-state index contributed by atoms with van der Waals surface area (Å²) in [5, 5.41) is 5.07. The number of carbonyl (C=O) groups is 2. The molecule has 5 heteroatoms. The van der Waals surface area contributed by atoms with Crippen LogP contribution in [-0.2, 0) is 11.2 Å². The van der Waals surface area contributed by atoms with Gasteiger partial charge in [0.2, 0.25) is 5.91 Å². The van der Waals surface area contributed by atoms with Crippen LogP contribution in [0.15, 0.2) is 24.3 Å². The topological polar surface area (TPSA) is 61.4 Å². The quantitative estimate of drug-likeness (QED) is 0.875. The Morgan fingerprint density at radius 2 is 2.05 bits per heavy atom. The molecule has 0 spiro atoms. The first kappa shape index (κ1) is 16.5. The minimum absolute atomic E-state index is 0.216. The lowest BCUT2D eigenvalue weighted by Gasteiger charge is -2.24. The van der Waals surface area contributed by atoms with Crippen LogP contribution in [0.1, 0.15) is 37.4 Å². The molecule has 1 aliphatic carbocycles. The number of imide groups is 1. The highest BCUT2D eigenvalue weighted by atomic mass is 16.2. The van der Waals surface area contributed by atoms with Crippen LogP contribution in [0, 0.1) is 5.92 Å². The predicted octanol–water partition coefficient (Wildman–Crippen LogP) is 2.09. The molecule has 0 aromatic heterocycles. The monoisotopic (exact) mass is 303 g/mol. The van der Waals surface area contributed by atoms with E-state index in [2.05, 4.69) is 22.8 Å². The van der Waals surface area contributed by atoms with Gasteiger partial charge in [0.1, 0.15) is 0 Å². The Hall–Kier alpha value is -1.88. The summed E-state index contributed by atoms with van der Waals surface area (Å²) in [5.41, 5.74) is 2.65. The van der Waals surface area contributed by atoms with Crippen molar-refractivity contribution in [3.05, 3.63) is 35.4 Å². The molecule has 1 aromatic rings. The number of benzene rings is 1. The van der Waals surface area contributed by atoms with E-state index in [1.807, 2.05) is 37.9 Å². The number of hydrogen-bond donors (Lipinski definition) is 2. The molecule has 0 bridgehead atoms. The highest BCUT2D eigenvalue weighted by molar-refractivity contribution is 5.95. The van der Waals surface area contributed by atoms with Gasteiger partial charge in [0, 0.05) is 12.6 Å². The van der Waals surface area contributed by atoms with Crippen molar-refractivity contribution in [1.29, 1.82) is 0 Å². The van der Waals surface area contributed by atoms with E-state index in [9.17, 15) is 9.59 Å². The van der Waals surface area contributed by atoms with Crippen LogP contribution in [0.4, 0.5) is 4.79 Å². The predicted molar refractivity (Wildman–Crippen MR) is 86.5 cm³/mol. The average molecular weight is 303 g/mol. The second-order valence-electron chi connectivity index (χ2n) is 6.32. The number of amides is 3. The number of nitrogens with zero attached hydrogens (tertiary/aromatic N) is 1. The third-order valence-electron chi connectivity index (χ3n) is 3.95. The van der Waals surface area contributed by atoms with Gasteiger partial charge in [-0.05, 0) is 36.9 Å². The minimum atomic E-state index is -0.418. The molecule has 120 valence electrons. The van der Waals surface area contributed by atoms with Crippen molar-refractivity contribution in [2.24, 2.45) is 5.92 Å². The largest absolute Gasteiger partial charge is 0.338 e. The first-order valence-electron chi connectivity index (χ1n) is 7.83. The summed E-state index contributed by atoms with van der Waals surface area (Å²) in [7, 11) is 1.93. The maximum absolute atomic E-state index is 12.0. The van der Waals surface area contributed by atoms with E-state index in [4.69, 9.17) is 0 Å². The first-order chi connectivity index (χ1) is 10.5. The lowest BCUT2D eigenvalue weighted by molar-refractivity contribution is -0.121. The molecule has 1 atom stereocenters. The van der Waals surface area contributed by atoms with E-state index in [0.29, 0.717) is 12.5 Å². The van der Waals surface area contributed by atoms with Crippen molar-refractivity contribution in [2.45, 2.75) is 32.7 Å². The van der Waals surface area contributed by atoms with Crippen molar-refractivity contribution >= 4 is 11.9 Å². The number of rotatable bonds is 5. The normalized spacial score (nSPS) is 16.7. The molecule has 3 amide bonds. The van der Waals surface area contributed by atoms with Crippen LogP contribution < -0.4 is 10.6 Å². The molecule has 0 heterocycles. The van der Waals surface area contributed by atoms with Crippen LogP contribution >= 0.6 is 0 Å². The summed E-state index contributed by atoms with van der Waals surface area (Å²) < 4.78 is 0. The Bertz CT molecular complexity index is 542. The number of aryl methyl sites for hydroxylation is 1. The lowest BCUT2D eigenvalue weighted by atomic mass is 10.1. The summed E-state index contributed by atoms with van der Waals surface area (Å²) in [6, 6.07) is 8.18. The zero-order chi connectivity index (χ0) is 16.1. The van der Waals surface area contributed by atoms with Crippen LogP contribution in [0.2, 0.25) is 0 Å². The Morgan fingerprint density at radius 1 is 1.32 bits per heavy atom. The molecule has 22 heavy (non-hydrogen) atoms. The highest BCUT2D eigenvalue weighted by Gasteiger charge is 2.26. The zero-order valence-electron chi connectivity index (χ0n) is 13.6. The summed E-state index contributed by atoms with van der Waals surface area (Å²) in [4.78, 5) is 25.6. The van der Waals surface area contributed by atoms with Crippen molar-refractivity contribution in [1.82, 2.24) is 15.5 Å². The Labute approximate surface area is 132 Å². The number of fused-ring (bicyclic) bond motifs is 1. The number of nitrogens with one attached hydrogen (secondary N) is 2. The van der Waals surface area contributed by atoms with Crippen molar-refractivity contribution in [3.8, 4) is 0 Å². The van der Waals surface area contributed by atoms with Crippen LogP contribution in [0.5, 0.6) is 0 Å². The highest BCUT2D eigenvalue weighted by Crippen LogP contribution is 2.34. The molecular weight excluding hydrogens is 278 g/mol. The molecular formula is C17H25N3O2. The van der Waals surface area contributed by atoms with Gasteiger partial charge in [-0.2, -0.15) is 0 Å². The lowest BCUT2D eigenvalue weighted by Crippen LogP contribution is -2.45. The van der Waals surface area contributed by atoms with Gasteiger partial charge in [-0.1, -0.05) is 38.1 Å².